The summed E-state index contributed by atoms with van der Waals surface area (Å²) in [5.41, 5.74) is 0.551. The molecule has 1 unspecified atom stereocenters. The highest BCUT2D eigenvalue weighted by Gasteiger charge is 2.43. The lowest BCUT2D eigenvalue weighted by atomic mass is 9.97. The van der Waals surface area contributed by atoms with Crippen molar-refractivity contribution in [3.8, 4) is 5.75 Å². The number of alkyl halides is 2. The second kappa shape index (κ2) is 7.91. The number of hydrogen-bond acceptors (Lipinski definition) is 4. The first-order chi connectivity index (χ1) is 12.4. The fourth-order valence-corrected chi connectivity index (χ4v) is 3.99. The minimum absolute atomic E-state index is 0.269. The van der Waals surface area contributed by atoms with Crippen LogP contribution < -0.4 is 9.64 Å². The summed E-state index contributed by atoms with van der Waals surface area (Å²) in [5.74, 6) is -1.80. The fourth-order valence-electron chi connectivity index (χ4n) is 3.99. The summed E-state index contributed by atoms with van der Waals surface area (Å²) in [6.45, 7) is 0. The Hall–Kier alpha value is -1.69. The Morgan fingerprint density at radius 2 is 2.00 bits per heavy atom. The van der Waals surface area contributed by atoms with Crippen LogP contribution in [0.25, 0.3) is 0 Å². The topological polar surface area (TPSA) is 45.1 Å². The Morgan fingerprint density at radius 3 is 2.69 bits per heavy atom. The van der Waals surface area contributed by atoms with Crippen LogP contribution in [0.2, 0.25) is 0 Å². The molecule has 0 amide bonds. The lowest BCUT2D eigenvalue weighted by molar-refractivity contribution is 0.0504. The van der Waals surface area contributed by atoms with Crippen molar-refractivity contribution in [1.82, 2.24) is 0 Å². The second-order valence-corrected chi connectivity index (χ2v) is 7.44. The Bertz CT molecular complexity index is 657. The van der Waals surface area contributed by atoms with Gasteiger partial charge in [-0.05, 0) is 24.5 Å². The summed E-state index contributed by atoms with van der Waals surface area (Å²) in [4.78, 5) is 5.52. The highest BCUT2D eigenvalue weighted by Crippen LogP contribution is 2.40. The van der Waals surface area contributed by atoms with Gasteiger partial charge in [0.1, 0.15) is 11.5 Å². The number of ether oxygens (including phenoxy) is 1. The molecule has 0 saturated heterocycles. The third kappa shape index (κ3) is 4.00. The zero-order valence-corrected chi connectivity index (χ0v) is 15.5. The zero-order chi connectivity index (χ0) is 18.7. The first kappa shape index (κ1) is 19.1. The van der Waals surface area contributed by atoms with E-state index in [4.69, 9.17) is 4.74 Å². The van der Waals surface area contributed by atoms with Gasteiger partial charge in [0, 0.05) is 19.5 Å². The average molecular weight is 366 g/mol. The third-order valence-corrected chi connectivity index (χ3v) is 5.62. The lowest BCUT2D eigenvalue weighted by Crippen LogP contribution is -2.48. The van der Waals surface area contributed by atoms with Gasteiger partial charge in [0.15, 0.2) is 6.23 Å². The molecule has 6 heteroatoms. The number of aliphatic hydroxyl groups is 1. The van der Waals surface area contributed by atoms with Crippen LogP contribution in [0.3, 0.4) is 0 Å². The summed E-state index contributed by atoms with van der Waals surface area (Å²) >= 11 is 0. The molecular weight excluding hydrogens is 338 g/mol. The molecule has 1 N–H and O–H groups in total. The minimum Gasteiger partial charge on any atom is -0.497 e. The van der Waals surface area contributed by atoms with Crippen LogP contribution in [0.15, 0.2) is 23.2 Å². The molecule has 0 aromatic heterocycles. The van der Waals surface area contributed by atoms with E-state index in [1.807, 2.05) is 0 Å². The smallest absolute Gasteiger partial charge is 0.290 e. The number of methoxy groups -OCH3 is 1. The molecule has 1 aromatic rings. The van der Waals surface area contributed by atoms with E-state index in [-0.39, 0.29) is 6.42 Å². The van der Waals surface area contributed by atoms with E-state index in [0.29, 0.717) is 29.5 Å². The van der Waals surface area contributed by atoms with Gasteiger partial charge in [-0.15, -0.1) is 0 Å². The summed E-state index contributed by atoms with van der Waals surface area (Å²) in [6, 6.07) is 5.02. The van der Waals surface area contributed by atoms with Gasteiger partial charge in [-0.25, -0.2) is 4.99 Å². The van der Waals surface area contributed by atoms with Gasteiger partial charge in [0.2, 0.25) is 0 Å². The molecule has 1 aliphatic carbocycles. The number of unbranched alkanes of at least 4 members (excludes halogenated alkanes) is 1. The van der Waals surface area contributed by atoms with E-state index in [1.165, 1.54) is 37.7 Å². The van der Waals surface area contributed by atoms with Gasteiger partial charge in [0.05, 0.1) is 18.5 Å². The average Bonchev–Trinajstić information content (AvgIpc) is 3.15. The van der Waals surface area contributed by atoms with Gasteiger partial charge >= 0.3 is 0 Å². The van der Waals surface area contributed by atoms with E-state index >= 15 is 0 Å². The quantitative estimate of drug-likeness (QED) is 0.697. The summed E-state index contributed by atoms with van der Waals surface area (Å²) in [5, 5.41) is 10.4. The lowest BCUT2D eigenvalue weighted by Gasteiger charge is -2.35. The highest BCUT2D eigenvalue weighted by molar-refractivity contribution is 6.02. The van der Waals surface area contributed by atoms with E-state index in [1.54, 1.807) is 25.2 Å². The van der Waals surface area contributed by atoms with Crippen LogP contribution in [0.1, 0.15) is 51.4 Å². The van der Waals surface area contributed by atoms with Gasteiger partial charge in [-0.1, -0.05) is 38.5 Å². The maximum Gasteiger partial charge on any atom is 0.290 e. The van der Waals surface area contributed by atoms with Crippen molar-refractivity contribution in [3.63, 3.8) is 0 Å². The second-order valence-electron chi connectivity index (χ2n) is 7.44. The summed E-state index contributed by atoms with van der Waals surface area (Å²) in [7, 11) is 3.13. The van der Waals surface area contributed by atoms with E-state index in [9.17, 15) is 13.9 Å². The SMILES string of the molecule is COc1ccc2c(c1)N(C)C(O)C(C(F)(F)CCCCC1CCCC1)=N2. The Labute approximate surface area is 153 Å². The predicted octanol–water partition coefficient (Wildman–Crippen LogP) is 4.92. The van der Waals surface area contributed by atoms with E-state index in [2.05, 4.69) is 4.99 Å². The van der Waals surface area contributed by atoms with Crippen LogP contribution in [0.4, 0.5) is 20.2 Å². The minimum atomic E-state index is -3.11. The first-order valence-corrected chi connectivity index (χ1v) is 9.48. The molecule has 4 nitrogen and oxygen atoms in total. The van der Waals surface area contributed by atoms with Crippen molar-refractivity contribution in [1.29, 1.82) is 0 Å². The maximum atomic E-state index is 14.7. The fraction of sp³-hybridized carbons (Fsp3) is 0.650. The van der Waals surface area contributed by atoms with Crippen LogP contribution in [-0.4, -0.2) is 37.1 Å². The maximum absolute atomic E-state index is 14.7. The van der Waals surface area contributed by atoms with Crippen LogP contribution in [0, 0.1) is 5.92 Å². The van der Waals surface area contributed by atoms with Gasteiger partial charge in [-0.3, -0.25) is 0 Å². The number of anilines is 1. The first-order valence-electron chi connectivity index (χ1n) is 9.48. The number of aliphatic imine (C=N–C) groups is 1. The number of hydrogen-bond donors (Lipinski definition) is 1. The standard InChI is InChI=1S/C20H28F2N2O2/c1-24-17-13-15(26-2)10-11-16(17)23-18(19(24)25)20(21,22)12-6-5-9-14-7-3-4-8-14/h10-11,13-14,19,25H,3-9,12H2,1-2H3. The van der Waals surface area contributed by atoms with Crippen LogP contribution in [0.5, 0.6) is 5.75 Å². The molecule has 26 heavy (non-hydrogen) atoms. The molecule has 1 fully saturated rings. The number of nitrogens with zero attached hydrogens (tertiary/aromatic N) is 2. The number of aliphatic hydroxyl groups excluding tert-OH is 1. The molecular formula is C20H28F2N2O2. The number of halogens is 2. The normalized spacial score (nSPS) is 20.9. The largest absolute Gasteiger partial charge is 0.497 e. The van der Waals surface area contributed by atoms with E-state index < -0.39 is 17.9 Å². The number of rotatable bonds is 7. The van der Waals surface area contributed by atoms with Crippen molar-refractivity contribution in [3.05, 3.63) is 18.2 Å². The van der Waals surface area contributed by atoms with E-state index in [0.717, 1.165) is 12.8 Å². The van der Waals surface area contributed by atoms with Crippen molar-refractivity contribution < 1.29 is 18.6 Å². The van der Waals surface area contributed by atoms with Gasteiger partial charge < -0.3 is 14.7 Å². The van der Waals surface area contributed by atoms with Crippen LogP contribution in [-0.2, 0) is 0 Å². The summed E-state index contributed by atoms with van der Waals surface area (Å²) < 4.78 is 34.6. The molecule has 1 atom stereocenters. The Morgan fingerprint density at radius 1 is 1.27 bits per heavy atom. The molecule has 0 radical (unpaired) electrons. The third-order valence-electron chi connectivity index (χ3n) is 5.62. The monoisotopic (exact) mass is 366 g/mol. The van der Waals surface area contributed by atoms with Gasteiger partial charge in [0.25, 0.3) is 5.92 Å². The number of benzene rings is 1. The molecule has 1 aromatic carbocycles. The summed E-state index contributed by atoms with van der Waals surface area (Å²) in [6.07, 6.45) is 5.64. The molecule has 1 heterocycles. The Balaban J connectivity index is 1.67. The predicted molar refractivity (Wildman–Crippen MR) is 99.9 cm³/mol. The molecule has 1 saturated carbocycles. The van der Waals surface area contributed by atoms with Crippen molar-refractivity contribution in [2.24, 2.45) is 10.9 Å². The molecule has 3 rings (SSSR count). The molecule has 1 aliphatic heterocycles. The molecule has 0 bridgehead atoms. The molecule has 2 aliphatic rings. The van der Waals surface area contributed by atoms with Gasteiger partial charge in [-0.2, -0.15) is 8.78 Å². The Kier molecular flexibility index (Phi) is 5.80. The van der Waals surface area contributed by atoms with Crippen molar-refractivity contribution in [2.45, 2.75) is 63.5 Å². The van der Waals surface area contributed by atoms with Crippen molar-refractivity contribution in [2.75, 3.05) is 19.1 Å². The van der Waals surface area contributed by atoms with Crippen molar-refractivity contribution >= 4 is 17.1 Å². The molecule has 144 valence electrons. The zero-order valence-electron chi connectivity index (χ0n) is 15.5. The highest BCUT2D eigenvalue weighted by atomic mass is 19.3. The molecule has 0 spiro atoms. The van der Waals surface area contributed by atoms with Crippen LogP contribution >= 0.6 is 0 Å². The number of fused-ring (bicyclic) bond motifs is 1.